The Labute approximate surface area is 153 Å². The van der Waals surface area contributed by atoms with Crippen LogP contribution < -0.4 is 14.8 Å². The summed E-state index contributed by atoms with van der Waals surface area (Å²) >= 11 is 0. The van der Waals surface area contributed by atoms with Crippen LogP contribution in [0.4, 0.5) is 14.5 Å². The minimum Gasteiger partial charge on any atom is -0.488 e. The van der Waals surface area contributed by atoms with Crippen LogP contribution in [-0.2, 0) is 17.1 Å². The molecule has 146 valence electrons. The normalized spacial score (nSPS) is 19.5. The first kappa shape index (κ1) is 19.3. The molecule has 11 heteroatoms. The van der Waals surface area contributed by atoms with Crippen LogP contribution in [0.25, 0.3) is 0 Å². The molecule has 2 heterocycles. The Hall–Kier alpha value is -2.50. The Balaban J connectivity index is 1.97. The van der Waals surface area contributed by atoms with E-state index in [4.69, 9.17) is 4.74 Å². The van der Waals surface area contributed by atoms with Gasteiger partial charge in [0.05, 0.1) is 12.1 Å². The van der Waals surface area contributed by atoms with E-state index in [-0.39, 0.29) is 28.6 Å². The predicted molar refractivity (Wildman–Crippen MR) is 91.0 cm³/mol. The number of carbonyl (C=O) groups is 1. The van der Waals surface area contributed by atoms with Gasteiger partial charge in [-0.15, -0.1) is 0 Å². The van der Waals surface area contributed by atoms with E-state index in [1.807, 2.05) is 0 Å². The number of benzene rings is 1. The molecule has 0 aliphatic carbocycles. The fourth-order valence-electron chi connectivity index (χ4n) is 2.64. The minimum atomic E-state index is -4.04. The fraction of sp³-hybridized carbons (Fsp3) is 0.312. The Morgan fingerprint density at radius 1 is 1.41 bits per heavy atom. The van der Waals surface area contributed by atoms with Crippen LogP contribution in [0, 0.1) is 11.6 Å². The van der Waals surface area contributed by atoms with Gasteiger partial charge in [-0.25, -0.2) is 21.9 Å². The second kappa shape index (κ2) is 6.91. The number of hydrogen-bond acceptors (Lipinski definition) is 5. The van der Waals surface area contributed by atoms with Gasteiger partial charge in [-0.05, 0) is 19.1 Å². The van der Waals surface area contributed by atoms with Crippen molar-refractivity contribution in [3.05, 3.63) is 41.7 Å². The van der Waals surface area contributed by atoms with Gasteiger partial charge in [-0.1, -0.05) is 0 Å². The number of aliphatic hydroxyl groups excluding tert-OH is 1. The highest BCUT2D eigenvalue weighted by Crippen LogP contribution is 2.33. The van der Waals surface area contributed by atoms with E-state index in [0.29, 0.717) is 0 Å². The Bertz CT molecular complexity index is 1000. The molecule has 1 aliphatic heterocycles. The maximum Gasteiger partial charge on any atom is 0.276 e. The predicted octanol–water partition coefficient (Wildman–Crippen LogP) is 0.976. The number of sulfonamides is 1. The van der Waals surface area contributed by atoms with Crippen molar-refractivity contribution < 1.29 is 31.8 Å². The number of fused-ring (bicyclic) bond motifs is 1. The summed E-state index contributed by atoms with van der Waals surface area (Å²) in [6, 6.07) is 1.93. The van der Waals surface area contributed by atoms with Crippen molar-refractivity contribution in [2.45, 2.75) is 24.0 Å². The Kier molecular flexibility index (Phi) is 4.93. The molecule has 0 radical (unpaired) electrons. The van der Waals surface area contributed by atoms with E-state index in [0.717, 1.165) is 12.1 Å². The van der Waals surface area contributed by atoms with Gasteiger partial charge in [0, 0.05) is 25.0 Å². The molecule has 2 aromatic rings. The molecule has 1 aromatic heterocycles. The molecule has 27 heavy (non-hydrogen) atoms. The Morgan fingerprint density at radius 3 is 2.74 bits per heavy atom. The summed E-state index contributed by atoms with van der Waals surface area (Å²) in [6.45, 7) is 1.21. The number of halogens is 2. The van der Waals surface area contributed by atoms with Crippen LogP contribution >= 0.6 is 0 Å². The Morgan fingerprint density at radius 2 is 2.11 bits per heavy atom. The van der Waals surface area contributed by atoms with E-state index in [2.05, 4.69) is 10.0 Å². The molecular weight excluding hydrogens is 384 g/mol. The standard InChI is InChI=1S/C16H17F2N3O5S/c1-8(22)12-7-26-15-13(27(24,25)20-12)6-21(2)14(15)16(23)19-9-3-4-10(17)11(18)5-9/h3-6,8,12,20,22H,7H2,1-2H3,(H,19,23)/t8-,12-/m1/s1. The van der Waals surface area contributed by atoms with Crippen LogP contribution in [0.5, 0.6) is 5.75 Å². The van der Waals surface area contributed by atoms with E-state index in [1.165, 1.54) is 30.8 Å². The fourth-order valence-corrected chi connectivity index (χ4v) is 4.13. The SMILES string of the molecule is C[C@@H](O)[C@H]1COc2c(cn(C)c2C(=O)Nc2ccc(F)c(F)c2)S(=O)(=O)N1. The van der Waals surface area contributed by atoms with Crippen molar-refractivity contribution in [2.24, 2.45) is 7.05 Å². The van der Waals surface area contributed by atoms with Gasteiger partial charge in [0.1, 0.15) is 11.5 Å². The number of aliphatic hydroxyl groups is 1. The zero-order valence-corrected chi connectivity index (χ0v) is 15.2. The molecule has 0 saturated heterocycles. The highest BCUT2D eigenvalue weighted by atomic mass is 32.2. The molecule has 0 saturated carbocycles. The summed E-state index contributed by atoms with van der Waals surface area (Å²) in [5.41, 5.74) is -0.128. The van der Waals surface area contributed by atoms with Crippen LogP contribution in [0.3, 0.4) is 0 Å². The first-order chi connectivity index (χ1) is 12.6. The van der Waals surface area contributed by atoms with Gasteiger partial charge in [0.25, 0.3) is 5.91 Å². The molecule has 1 aromatic carbocycles. The number of hydrogen-bond donors (Lipinski definition) is 3. The maximum atomic E-state index is 13.3. The maximum absolute atomic E-state index is 13.3. The summed E-state index contributed by atoms with van der Waals surface area (Å²) in [6.07, 6.45) is 0.180. The first-order valence-corrected chi connectivity index (χ1v) is 9.37. The summed E-state index contributed by atoms with van der Waals surface area (Å²) in [4.78, 5) is 12.3. The van der Waals surface area contributed by atoms with Gasteiger partial charge in [-0.3, -0.25) is 4.79 Å². The second-order valence-corrected chi connectivity index (χ2v) is 7.83. The summed E-state index contributed by atoms with van der Waals surface area (Å²) < 4.78 is 60.4. The van der Waals surface area contributed by atoms with Gasteiger partial charge < -0.3 is 19.7 Å². The first-order valence-electron chi connectivity index (χ1n) is 7.89. The van der Waals surface area contributed by atoms with Gasteiger partial charge in [0.15, 0.2) is 23.1 Å². The lowest BCUT2D eigenvalue weighted by molar-refractivity contribution is 0.100. The number of ether oxygens (including phenoxy) is 1. The second-order valence-electron chi connectivity index (χ2n) is 6.14. The van der Waals surface area contributed by atoms with Crippen LogP contribution in [0.1, 0.15) is 17.4 Å². The largest absolute Gasteiger partial charge is 0.488 e. The molecular formula is C16H17F2N3O5S. The molecule has 0 bridgehead atoms. The number of carbonyl (C=O) groups excluding carboxylic acids is 1. The zero-order valence-electron chi connectivity index (χ0n) is 14.4. The molecule has 3 rings (SSSR count). The number of nitrogens with one attached hydrogen (secondary N) is 2. The molecule has 0 unspecified atom stereocenters. The minimum absolute atomic E-state index is 0.00897. The smallest absolute Gasteiger partial charge is 0.276 e. The third-order valence-corrected chi connectivity index (χ3v) is 5.56. The molecule has 3 N–H and O–H groups in total. The third kappa shape index (κ3) is 3.66. The van der Waals surface area contributed by atoms with Crippen molar-refractivity contribution in [2.75, 3.05) is 11.9 Å². The number of amides is 1. The average Bonchev–Trinajstić information content (AvgIpc) is 2.85. The molecule has 1 amide bonds. The average molecular weight is 401 g/mol. The number of anilines is 1. The molecule has 8 nitrogen and oxygen atoms in total. The molecule has 0 fully saturated rings. The van der Waals surface area contributed by atoms with Gasteiger partial charge >= 0.3 is 0 Å². The van der Waals surface area contributed by atoms with Gasteiger partial charge in [-0.2, -0.15) is 0 Å². The van der Waals surface area contributed by atoms with E-state index >= 15 is 0 Å². The van der Waals surface area contributed by atoms with Crippen molar-refractivity contribution in [3.8, 4) is 5.75 Å². The van der Waals surface area contributed by atoms with Gasteiger partial charge in [0.2, 0.25) is 10.0 Å². The summed E-state index contributed by atoms with van der Waals surface area (Å²) in [5, 5.41) is 12.0. The van der Waals surface area contributed by atoms with Crippen LogP contribution in [-0.4, -0.2) is 42.8 Å². The highest BCUT2D eigenvalue weighted by Gasteiger charge is 2.35. The lowest BCUT2D eigenvalue weighted by Gasteiger charge is -2.18. The van der Waals surface area contributed by atoms with Crippen LogP contribution in [0.15, 0.2) is 29.3 Å². The molecule has 0 spiro atoms. The lowest BCUT2D eigenvalue weighted by atomic mass is 10.2. The van der Waals surface area contributed by atoms with Crippen molar-refractivity contribution in [1.82, 2.24) is 9.29 Å². The van der Waals surface area contributed by atoms with Crippen molar-refractivity contribution >= 4 is 21.6 Å². The number of nitrogens with zero attached hydrogens (tertiary/aromatic N) is 1. The van der Waals surface area contributed by atoms with Crippen molar-refractivity contribution in [1.29, 1.82) is 0 Å². The topological polar surface area (TPSA) is 110 Å². The quantitative estimate of drug-likeness (QED) is 0.710. The lowest BCUT2D eigenvalue weighted by Crippen LogP contribution is -2.44. The van der Waals surface area contributed by atoms with E-state index in [9.17, 15) is 27.1 Å². The third-order valence-electron chi connectivity index (χ3n) is 4.08. The monoisotopic (exact) mass is 401 g/mol. The van der Waals surface area contributed by atoms with E-state index < -0.39 is 39.7 Å². The highest BCUT2D eigenvalue weighted by molar-refractivity contribution is 7.89. The van der Waals surface area contributed by atoms with Crippen LogP contribution in [0.2, 0.25) is 0 Å². The molecule has 1 aliphatic rings. The number of aromatic nitrogens is 1. The number of aryl methyl sites for hydroxylation is 1. The summed E-state index contributed by atoms with van der Waals surface area (Å²) in [5.74, 6) is -3.16. The summed E-state index contributed by atoms with van der Waals surface area (Å²) in [7, 11) is -2.59. The molecule has 2 atom stereocenters. The van der Waals surface area contributed by atoms with Crippen molar-refractivity contribution in [3.63, 3.8) is 0 Å². The zero-order chi connectivity index (χ0) is 19.9. The number of rotatable bonds is 3. The van der Waals surface area contributed by atoms with E-state index in [1.54, 1.807) is 0 Å².